The van der Waals surface area contributed by atoms with E-state index in [4.69, 9.17) is 5.73 Å². The SMILES string of the molecule is NC(=NCCNS(=O)(=O)c1ccc(F)cc1F)NC1CCC1. The zero-order valence-electron chi connectivity index (χ0n) is 11.9. The van der Waals surface area contributed by atoms with Gasteiger partial charge in [0.1, 0.15) is 16.5 Å². The lowest BCUT2D eigenvalue weighted by atomic mass is 9.93. The number of halogens is 2. The van der Waals surface area contributed by atoms with Gasteiger partial charge in [0.15, 0.2) is 5.96 Å². The molecule has 1 aliphatic carbocycles. The monoisotopic (exact) mass is 332 g/mol. The first-order valence-electron chi connectivity index (χ1n) is 6.89. The molecule has 0 aliphatic heterocycles. The molecule has 4 N–H and O–H groups in total. The number of nitrogens with one attached hydrogen (secondary N) is 2. The van der Waals surface area contributed by atoms with Gasteiger partial charge in [-0.25, -0.2) is 21.9 Å². The second-order valence-electron chi connectivity index (χ2n) is 5.01. The third-order valence-electron chi connectivity index (χ3n) is 3.33. The minimum atomic E-state index is -4.04. The van der Waals surface area contributed by atoms with E-state index in [-0.39, 0.29) is 19.0 Å². The van der Waals surface area contributed by atoms with Gasteiger partial charge in [-0.1, -0.05) is 0 Å². The van der Waals surface area contributed by atoms with Crippen LogP contribution in [0.5, 0.6) is 0 Å². The summed E-state index contributed by atoms with van der Waals surface area (Å²) in [5.74, 6) is -1.71. The molecule has 0 radical (unpaired) electrons. The van der Waals surface area contributed by atoms with E-state index < -0.39 is 26.6 Å². The summed E-state index contributed by atoms with van der Waals surface area (Å²) >= 11 is 0. The van der Waals surface area contributed by atoms with E-state index in [1.165, 1.54) is 0 Å². The van der Waals surface area contributed by atoms with Crippen LogP contribution in [0.2, 0.25) is 0 Å². The van der Waals surface area contributed by atoms with E-state index in [1.54, 1.807) is 0 Å². The number of sulfonamides is 1. The topological polar surface area (TPSA) is 96.6 Å². The Bertz CT molecular complexity index is 660. The Kier molecular flexibility index (Phi) is 5.30. The summed E-state index contributed by atoms with van der Waals surface area (Å²) in [4.78, 5) is 3.38. The molecular formula is C13H18F2N4O2S. The van der Waals surface area contributed by atoms with Crippen molar-refractivity contribution in [3.63, 3.8) is 0 Å². The Balaban J connectivity index is 1.85. The maximum atomic E-state index is 13.5. The van der Waals surface area contributed by atoms with Crippen LogP contribution in [0, 0.1) is 11.6 Å². The molecule has 0 amide bonds. The van der Waals surface area contributed by atoms with E-state index in [2.05, 4.69) is 15.0 Å². The molecule has 6 nitrogen and oxygen atoms in total. The van der Waals surface area contributed by atoms with Crippen molar-refractivity contribution in [3.8, 4) is 0 Å². The molecule has 0 unspecified atom stereocenters. The third-order valence-corrected chi connectivity index (χ3v) is 4.82. The van der Waals surface area contributed by atoms with Gasteiger partial charge >= 0.3 is 0 Å². The van der Waals surface area contributed by atoms with Crippen LogP contribution in [0.3, 0.4) is 0 Å². The highest BCUT2D eigenvalue weighted by molar-refractivity contribution is 7.89. The van der Waals surface area contributed by atoms with Crippen LogP contribution in [-0.4, -0.2) is 33.5 Å². The number of nitrogens with zero attached hydrogens (tertiary/aromatic N) is 1. The standard InChI is InChI=1S/C13H18F2N4O2S/c14-9-4-5-12(11(15)8-9)22(20,21)18-7-6-17-13(16)19-10-2-1-3-10/h4-5,8,10,18H,1-3,6-7H2,(H3,16,17,19). The van der Waals surface area contributed by atoms with Crippen molar-refractivity contribution in [2.75, 3.05) is 13.1 Å². The molecule has 1 saturated carbocycles. The quantitative estimate of drug-likeness (QED) is 0.406. The second-order valence-corrected chi connectivity index (χ2v) is 6.75. The highest BCUT2D eigenvalue weighted by Gasteiger charge is 2.19. The van der Waals surface area contributed by atoms with Gasteiger partial charge in [0.25, 0.3) is 0 Å². The van der Waals surface area contributed by atoms with Gasteiger partial charge in [0, 0.05) is 18.7 Å². The molecule has 1 fully saturated rings. The van der Waals surface area contributed by atoms with Crippen LogP contribution >= 0.6 is 0 Å². The molecule has 22 heavy (non-hydrogen) atoms. The van der Waals surface area contributed by atoms with Crippen LogP contribution in [0.25, 0.3) is 0 Å². The van der Waals surface area contributed by atoms with Crippen molar-refractivity contribution in [2.45, 2.75) is 30.2 Å². The van der Waals surface area contributed by atoms with Crippen LogP contribution in [-0.2, 0) is 10.0 Å². The maximum absolute atomic E-state index is 13.5. The molecule has 122 valence electrons. The van der Waals surface area contributed by atoms with Gasteiger partial charge in [-0.15, -0.1) is 0 Å². The van der Waals surface area contributed by atoms with Crippen molar-refractivity contribution >= 4 is 16.0 Å². The molecule has 0 spiro atoms. The molecule has 1 aliphatic rings. The first-order chi connectivity index (χ1) is 10.4. The molecule has 1 aromatic carbocycles. The van der Waals surface area contributed by atoms with Crippen molar-refractivity contribution in [1.82, 2.24) is 10.0 Å². The van der Waals surface area contributed by atoms with Crippen LogP contribution < -0.4 is 15.8 Å². The molecule has 1 aromatic rings. The van der Waals surface area contributed by atoms with E-state index in [0.717, 1.165) is 31.4 Å². The lowest BCUT2D eigenvalue weighted by Gasteiger charge is -2.26. The fraction of sp³-hybridized carbons (Fsp3) is 0.462. The first kappa shape index (κ1) is 16.6. The fourth-order valence-corrected chi connectivity index (χ4v) is 3.01. The number of aliphatic imine (C=N–C) groups is 1. The summed E-state index contributed by atoms with van der Waals surface area (Å²) in [7, 11) is -4.04. The zero-order valence-corrected chi connectivity index (χ0v) is 12.7. The summed E-state index contributed by atoms with van der Waals surface area (Å²) < 4.78 is 52.2. The fourth-order valence-electron chi connectivity index (χ4n) is 1.93. The Labute approximate surface area is 127 Å². The van der Waals surface area contributed by atoms with E-state index in [0.29, 0.717) is 12.1 Å². The number of hydrogen-bond acceptors (Lipinski definition) is 3. The van der Waals surface area contributed by atoms with Crippen molar-refractivity contribution in [1.29, 1.82) is 0 Å². The summed E-state index contributed by atoms with van der Waals surface area (Å²) in [5.41, 5.74) is 5.65. The average Bonchev–Trinajstić information content (AvgIpc) is 2.38. The van der Waals surface area contributed by atoms with Gasteiger partial charge < -0.3 is 11.1 Å². The molecule has 0 aromatic heterocycles. The van der Waals surface area contributed by atoms with E-state index in [9.17, 15) is 17.2 Å². The minimum absolute atomic E-state index is 0.0355. The number of rotatable bonds is 6. The smallest absolute Gasteiger partial charge is 0.243 e. The summed E-state index contributed by atoms with van der Waals surface area (Å²) in [5, 5.41) is 3.01. The predicted octanol–water partition coefficient (Wildman–Crippen LogP) is 0.700. The van der Waals surface area contributed by atoms with Crippen molar-refractivity contribution in [2.24, 2.45) is 10.7 Å². The van der Waals surface area contributed by atoms with Gasteiger partial charge in [-0.05, 0) is 31.4 Å². The zero-order chi connectivity index (χ0) is 16.2. The van der Waals surface area contributed by atoms with Gasteiger partial charge in [-0.3, -0.25) is 4.99 Å². The Morgan fingerprint density at radius 1 is 1.36 bits per heavy atom. The molecule has 9 heteroatoms. The molecule has 0 saturated heterocycles. The average molecular weight is 332 g/mol. The summed E-state index contributed by atoms with van der Waals surface area (Å²) in [6.45, 7) is 0.0831. The summed E-state index contributed by atoms with van der Waals surface area (Å²) in [6.07, 6.45) is 3.26. The van der Waals surface area contributed by atoms with Gasteiger partial charge in [0.2, 0.25) is 10.0 Å². The lowest BCUT2D eigenvalue weighted by molar-refractivity contribution is 0.382. The lowest BCUT2D eigenvalue weighted by Crippen LogP contribution is -2.44. The highest BCUT2D eigenvalue weighted by Crippen LogP contribution is 2.17. The van der Waals surface area contributed by atoms with Crippen LogP contribution in [0.15, 0.2) is 28.1 Å². The minimum Gasteiger partial charge on any atom is -0.370 e. The third kappa shape index (κ3) is 4.38. The van der Waals surface area contributed by atoms with Crippen LogP contribution in [0.1, 0.15) is 19.3 Å². The first-order valence-corrected chi connectivity index (χ1v) is 8.38. The number of benzene rings is 1. The maximum Gasteiger partial charge on any atom is 0.243 e. The predicted molar refractivity (Wildman–Crippen MR) is 78.8 cm³/mol. The van der Waals surface area contributed by atoms with Gasteiger partial charge in [0.05, 0.1) is 6.54 Å². The summed E-state index contributed by atoms with van der Waals surface area (Å²) in [6, 6.07) is 2.63. The molecule has 2 rings (SSSR count). The Morgan fingerprint density at radius 3 is 2.68 bits per heavy atom. The Hall–Kier alpha value is -1.74. The highest BCUT2D eigenvalue weighted by atomic mass is 32.2. The molecule has 0 atom stereocenters. The molecule has 0 bridgehead atoms. The largest absolute Gasteiger partial charge is 0.370 e. The number of nitrogens with two attached hydrogens (primary N) is 1. The van der Waals surface area contributed by atoms with Crippen LogP contribution in [0.4, 0.5) is 8.78 Å². The second kappa shape index (κ2) is 7.01. The molecular weight excluding hydrogens is 314 g/mol. The normalized spacial score (nSPS) is 16.4. The van der Waals surface area contributed by atoms with E-state index >= 15 is 0 Å². The Morgan fingerprint density at radius 2 is 2.09 bits per heavy atom. The van der Waals surface area contributed by atoms with Crippen molar-refractivity contribution in [3.05, 3.63) is 29.8 Å². The number of hydrogen-bond donors (Lipinski definition) is 3. The number of guanidine groups is 1. The molecule has 0 heterocycles. The van der Waals surface area contributed by atoms with E-state index in [1.807, 2.05) is 0 Å². The van der Waals surface area contributed by atoms with Crippen molar-refractivity contribution < 1.29 is 17.2 Å². The van der Waals surface area contributed by atoms with Gasteiger partial charge in [-0.2, -0.15) is 0 Å².